The second-order valence-electron chi connectivity index (χ2n) is 4.51. The average Bonchev–Trinajstić information content (AvgIpc) is 2.40. The van der Waals surface area contributed by atoms with Gasteiger partial charge >= 0.3 is 0 Å². The Morgan fingerprint density at radius 2 is 2.21 bits per heavy atom. The number of rotatable bonds is 9. The first kappa shape index (κ1) is 16.2. The fraction of sp³-hybridized carbons (Fsp3) is 0.571. The lowest BCUT2D eigenvalue weighted by Gasteiger charge is -2.17. The topological polar surface area (TPSA) is 50.7 Å². The highest BCUT2D eigenvalue weighted by Crippen LogP contribution is 2.17. The number of benzene rings is 1. The minimum absolute atomic E-state index is 0.240. The van der Waals surface area contributed by atoms with Crippen molar-refractivity contribution in [3.05, 3.63) is 29.3 Å². The van der Waals surface area contributed by atoms with Crippen molar-refractivity contribution in [2.24, 2.45) is 0 Å². The van der Waals surface area contributed by atoms with Crippen molar-refractivity contribution in [3.8, 4) is 5.75 Å². The third-order valence-corrected chi connectivity index (χ3v) is 2.93. The molecule has 0 fully saturated rings. The van der Waals surface area contributed by atoms with Crippen molar-refractivity contribution < 1.29 is 14.6 Å². The number of hydrogen-bond acceptors (Lipinski definition) is 4. The predicted octanol–water partition coefficient (Wildman–Crippen LogP) is 2.09. The maximum Gasteiger partial charge on any atom is 0.120 e. The van der Waals surface area contributed by atoms with Crippen LogP contribution in [0.5, 0.6) is 5.75 Å². The highest BCUT2D eigenvalue weighted by molar-refractivity contribution is 6.30. The first-order valence-corrected chi connectivity index (χ1v) is 6.78. The van der Waals surface area contributed by atoms with Gasteiger partial charge in [0.05, 0.1) is 0 Å². The summed E-state index contributed by atoms with van der Waals surface area (Å²) < 4.78 is 10.5. The van der Waals surface area contributed by atoms with Crippen LogP contribution in [-0.4, -0.2) is 44.1 Å². The van der Waals surface area contributed by atoms with Gasteiger partial charge < -0.3 is 19.9 Å². The molecule has 0 heterocycles. The van der Waals surface area contributed by atoms with Crippen LogP contribution in [0.1, 0.15) is 13.3 Å². The molecule has 19 heavy (non-hydrogen) atoms. The van der Waals surface area contributed by atoms with E-state index in [1.165, 1.54) is 0 Å². The van der Waals surface area contributed by atoms with Crippen LogP contribution < -0.4 is 10.1 Å². The van der Waals surface area contributed by atoms with Gasteiger partial charge in [-0.3, -0.25) is 0 Å². The summed E-state index contributed by atoms with van der Waals surface area (Å²) >= 11 is 5.84. The fourth-order valence-electron chi connectivity index (χ4n) is 1.54. The van der Waals surface area contributed by atoms with Gasteiger partial charge in [-0.2, -0.15) is 0 Å². The molecule has 0 spiro atoms. The molecule has 1 aromatic rings. The summed E-state index contributed by atoms with van der Waals surface area (Å²) in [6.07, 6.45) is 0.363. The summed E-state index contributed by atoms with van der Waals surface area (Å²) in [7, 11) is 1.68. The van der Waals surface area contributed by atoms with Gasteiger partial charge in [-0.15, -0.1) is 0 Å². The van der Waals surface area contributed by atoms with Gasteiger partial charge in [-0.1, -0.05) is 17.7 Å². The van der Waals surface area contributed by atoms with E-state index < -0.39 is 6.10 Å². The van der Waals surface area contributed by atoms with Crippen LogP contribution in [0.2, 0.25) is 5.02 Å². The molecule has 2 N–H and O–H groups in total. The Kier molecular flexibility index (Phi) is 7.82. The number of hydrogen-bond donors (Lipinski definition) is 2. The molecule has 0 saturated heterocycles. The maximum absolute atomic E-state index is 9.80. The largest absolute Gasteiger partial charge is 0.491 e. The molecule has 0 aliphatic rings. The van der Waals surface area contributed by atoms with Crippen LogP contribution in [0, 0.1) is 0 Å². The average molecular weight is 288 g/mol. The zero-order valence-corrected chi connectivity index (χ0v) is 12.2. The van der Waals surface area contributed by atoms with E-state index in [0.29, 0.717) is 30.0 Å². The second kappa shape index (κ2) is 9.15. The lowest BCUT2D eigenvalue weighted by atomic mass is 10.2. The number of aliphatic hydroxyl groups excluding tert-OH is 1. The van der Waals surface area contributed by atoms with E-state index in [0.717, 1.165) is 6.42 Å². The van der Waals surface area contributed by atoms with Gasteiger partial charge in [0, 0.05) is 31.3 Å². The fourth-order valence-corrected chi connectivity index (χ4v) is 1.72. The number of aliphatic hydroxyl groups is 1. The smallest absolute Gasteiger partial charge is 0.120 e. The normalized spacial score (nSPS) is 14.1. The van der Waals surface area contributed by atoms with Gasteiger partial charge in [-0.25, -0.2) is 0 Å². The molecule has 108 valence electrons. The second-order valence-corrected chi connectivity index (χ2v) is 4.95. The quantitative estimate of drug-likeness (QED) is 0.730. The predicted molar refractivity (Wildman–Crippen MR) is 76.9 cm³/mol. The standard InChI is InChI=1S/C14H22ClNO3/c1-11(6-7-18-2)16-9-13(17)10-19-14-5-3-4-12(15)8-14/h3-5,8,11,13,16-17H,6-7,9-10H2,1-2H3. The third kappa shape index (κ3) is 7.38. The van der Waals surface area contributed by atoms with Crippen LogP contribution in [0.15, 0.2) is 24.3 Å². The number of halogens is 1. The first-order valence-electron chi connectivity index (χ1n) is 6.40. The molecule has 0 radical (unpaired) electrons. The van der Waals surface area contributed by atoms with Crippen molar-refractivity contribution >= 4 is 11.6 Å². The zero-order valence-electron chi connectivity index (χ0n) is 11.4. The third-order valence-electron chi connectivity index (χ3n) is 2.70. The molecule has 5 heteroatoms. The van der Waals surface area contributed by atoms with Gasteiger partial charge in [0.2, 0.25) is 0 Å². The molecule has 2 atom stereocenters. The van der Waals surface area contributed by atoms with Crippen molar-refractivity contribution in [1.82, 2.24) is 5.32 Å². The Morgan fingerprint density at radius 1 is 1.42 bits per heavy atom. The molecule has 0 bridgehead atoms. The summed E-state index contributed by atoms with van der Waals surface area (Å²) in [5, 5.41) is 13.7. The van der Waals surface area contributed by atoms with Gasteiger partial charge in [0.1, 0.15) is 18.5 Å². The highest BCUT2D eigenvalue weighted by Gasteiger charge is 2.08. The van der Waals surface area contributed by atoms with Gasteiger partial charge in [-0.05, 0) is 31.5 Å². The minimum atomic E-state index is -0.552. The maximum atomic E-state index is 9.80. The molecule has 2 unspecified atom stereocenters. The molecular formula is C14H22ClNO3. The summed E-state index contributed by atoms with van der Waals surface area (Å²) in [6, 6.07) is 7.44. The summed E-state index contributed by atoms with van der Waals surface area (Å²) in [5.41, 5.74) is 0. The monoisotopic (exact) mass is 287 g/mol. The van der Waals surface area contributed by atoms with Crippen molar-refractivity contribution in [2.75, 3.05) is 26.9 Å². The van der Waals surface area contributed by atoms with Crippen molar-refractivity contribution in [2.45, 2.75) is 25.5 Å². The van der Waals surface area contributed by atoms with E-state index in [9.17, 15) is 5.11 Å². The number of methoxy groups -OCH3 is 1. The van der Waals surface area contributed by atoms with E-state index in [1.807, 2.05) is 12.1 Å². The lowest BCUT2D eigenvalue weighted by Crippen LogP contribution is -2.37. The van der Waals surface area contributed by atoms with E-state index in [4.69, 9.17) is 21.1 Å². The van der Waals surface area contributed by atoms with E-state index in [2.05, 4.69) is 12.2 Å². The van der Waals surface area contributed by atoms with Crippen LogP contribution >= 0.6 is 11.6 Å². The Balaban J connectivity index is 2.19. The molecule has 4 nitrogen and oxygen atoms in total. The number of nitrogens with one attached hydrogen (secondary N) is 1. The van der Waals surface area contributed by atoms with Crippen molar-refractivity contribution in [1.29, 1.82) is 0 Å². The van der Waals surface area contributed by atoms with Crippen LogP contribution in [0.4, 0.5) is 0 Å². The molecule has 0 aromatic heterocycles. The summed E-state index contributed by atoms with van der Waals surface area (Å²) in [4.78, 5) is 0. The van der Waals surface area contributed by atoms with E-state index >= 15 is 0 Å². The Morgan fingerprint density at radius 3 is 2.89 bits per heavy atom. The molecule has 0 aliphatic heterocycles. The van der Waals surface area contributed by atoms with Crippen LogP contribution in [-0.2, 0) is 4.74 Å². The summed E-state index contributed by atoms with van der Waals surface area (Å²) in [5.74, 6) is 0.666. The SMILES string of the molecule is COCCC(C)NCC(O)COc1cccc(Cl)c1. The van der Waals surface area contributed by atoms with Crippen LogP contribution in [0.3, 0.4) is 0 Å². The number of ether oxygens (including phenoxy) is 2. The summed E-state index contributed by atoms with van der Waals surface area (Å²) in [6.45, 7) is 3.50. The van der Waals surface area contributed by atoms with Crippen LogP contribution in [0.25, 0.3) is 0 Å². The molecule has 1 rings (SSSR count). The van der Waals surface area contributed by atoms with E-state index in [-0.39, 0.29) is 6.61 Å². The Bertz CT molecular complexity index is 362. The zero-order chi connectivity index (χ0) is 14.1. The Hall–Kier alpha value is -0.810. The molecule has 0 saturated carbocycles. The van der Waals surface area contributed by atoms with E-state index in [1.54, 1.807) is 19.2 Å². The molecular weight excluding hydrogens is 266 g/mol. The highest BCUT2D eigenvalue weighted by atomic mass is 35.5. The van der Waals surface area contributed by atoms with Crippen molar-refractivity contribution in [3.63, 3.8) is 0 Å². The molecule has 1 aromatic carbocycles. The molecule has 0 amide bonds. The van der Waals surface area contributed by atoms with Gasteiger partial charge in [0.15, 0.2) is 0 Å². The van der Waals surface area contributed by atoms with Gasteiger partial charge in [0.25, 0.3) is 0 Å². The first-order chi connectivity index (χ1) is 9.11. The lowest BCUT2D eigenvalue weighted by molar-refractivity contribution is 0.102. The Labute approximate surface area is 119 Å². The minimum Gasteiger partial charge on any atom is -0.491 e. The molecule has 0 aliphatic carbocycles.